The van der Waals surface area contributed by atoms with E-state index in [-0.39, 0.29) is 12.1 Å². The lowest BCUT2D eigenvalue weighted by Gasteiger charge is -2.62. The van der Waals surface area contributed by atoms with Crippen molar-refractivity contribution in [2.75, 3.05) is 30.4 Å². The summed E-state index contributed by atoms with van der Waals surface area (Å²) in [7, 11) is 1.51. The van der Waals surface area contributed by atoms with Gasteiger partial charge in [0, 0.05) is 30.4 Å². The molecule has 0 radical (unpaired) electrons. The van der Waals surface area contributed by atoms with Crippen LogP contribution in [0.3, 0.4) is 0 Å². The molecule has 1 heterocycles. The van der Waals surface area contributed by atoms with Crippen molar-refractivity contribution in [3.63, 3.8) is 0 Å². The van der Waals surface area contributed by atoms with Gasteiger partial charge in [0.25, 0.3) is 5.56 Å². The fourth-order valence-corrected chi connectivity index (χ4v) is 6.52. The van der Waals surface area contributed by atoms with Gasteiger partial charge in [0.15, 0.2) is 0 Å². The Morgan fingerprint density at radius 2 is 1.94 bits per heavy atom. The summed E-state index contributed by atoms with van der Waals surface area (Å²) in [4.78, 5) is 20.6. The Bertz CT molecular complexity index is 1120. The summed E-state index contributed by atoms with van der Waals surface area (Å²) < 4.78 is 1.93. The van der Waals surface area contributed by atoms with Crippen LogP contribution in [0.15, 0.2) is 44.9 Å². The summed E-state index contributed by atoms with van der Waals surface area (Å²) in [5.74, 6) is 2.03. The predicted molar refractivity (Wildman–Crippen MR) is 146 cm³/mol. The molecular formula is C27H38BrN5O2. The Morgan fingerprint density at radius 3 is 2.51 bits per heavy atom. The Hall–Kier alpha value is -2.35. The lowest BCUT2D eigenvalue weighted by atomic mass is 9.45. The molecule has 5 rings (SSSR count). The van der Waals surface area contributed by atoms with Crippen molar-refractivity contribution in [1.82, 2.24) is 9.78 Å². The lowest BCUT2D eigenvalue weighted by Crippen LogP contribution is -2.58. The number of nitrogens with zero attached hydrogens (tertiary/aromatic N) is 4. The van der Waals surface area contributed by atoms with Crippen LogP contribution in [0.1, 0.15) is 53.0 Å². The zero-order chi connectivity index (χ0) is 25.3. The Balaban J connectivity index is 1.51. The number of halogens is 1. The molecule has 0 unspecified atom stereocenters. The normalized spacial score (nSPS) is 25.1. The molecule has 35 heavy (non-hydrogen) atoms. The monoisotopic (exact) mass is 543 g/mol. The quantitative estimate of drug-likeness (QED) is 0.339. The van der Waals surface area contributed by atoms with Crippen LogP contribution in [0.4, 0.5) is 11.4 Å². The SMILES string of the molecule is CCN(CC)c1ccc(C(Cn2ncc(N[C@@H]3C[C@H]4C[C@H]([C@@H]3C)C4(C)C)c(Br)c2=O)=NOC)cc1. The number of benzene rings is 1. The Kier molecular flexibility index (Phi) is 7.60. The first-order valence-electron chi connectivity index (χ1n) is 12.7. The molecule has 190 valence electrons. The molecule has 1 aromatic heterocycles. The lowest BCUT2D eigenvalue weighted by molar-refractivity contribution is -0.105. The second kappa shape index (κ2) is 10.3. The number of aromatic nitrogens is 2. The standard InChI is InChI=1S/C27H38BrN5O2/c1-7-32(8-2)20-11-9-18(10-12-20)24(31-35-6)16-33-26(34)25(28)23(15-29-33)30-22-14-19-13-21(17(22)3)27(19,4)5/h9-12,15,17,19,21-22,30H,7-8,13-14,16H2,1-6H3/t17-,19+,21+,22+/m0/s1. The van der Waals surface area contributed by atoms with E-state index in [0.717, 1.165) is 48.3 Å². The fourth-order valence-electron chi connectivity index (χ4n) is 6.10. The van der Waals surface area contributed by atoms with Gasteiger partial charge in [0.2, 0.25) is 0 Å². The number of hydrogen-bond donors (Lipinski definition) is 1. The molecule has 2 aromatic rings. The smallest absolute Gasteiger partial charge is 0.283 e. The molecule has 0 spiro atoms. The van der Waals surface area contributed by atoms with Gasteiger partial charge >= 0.3 is 0 Å². The highest BCUT2D eigenvalue weighted by atomic mass is 79.9. The van der Waals surface area contributed by atoms with Gasteiger partial charge in [-0.2, -0.15) is 5.10 Å². The van der Waals surface area contributed by atoms with Gasteiger partial charge in [-0.1, -0.05) is 38.1 Å². The van der Waals surface area contributed by atoms with Gasteiger partial charge < -0.3 is 15.1 Å². The number of anilines is 2. The molecular weight excluding hydrogens is 506 g/mol. The second-order valence-corrected chi connectivity index (χ2v) is 11.3. The van der Waals surface area contributed by atoms with E-state index >= 15 is 0 Å². The third-order valence-electron chi connectivity index (χ3n) is 8.51. The molecule has 3 fully saturated rings. The minimum atomic E-state index is -0.187. The minimum absolute atomic E-state index is 0.187. The molecule has 1 N–H and O–H groups in total. The first kappa shape index (κ1) is 25.7. The Labute approximate surface area is 217 Å². The van der Waals surface area contributed by atoms with E-state index in [9.17, 15) is 4.79 Å². The fraction of sp³-hybridized carbons (Fsp3) is 0.593. The van der Waals surface area contributed by atoms with Gasteiger partial charge in [-0.05, 0) is 77.9 Å². The van der Waals surface area contributed by atoms with E-state index in [1.54, 1.807) is 6.20 Å². The number of rotatable bonds is 9. The van der Waals surface area contributed by atoms with E-state index in [0.29, 0.717) is 27.6 Å². The minimum Gasteiger partial charge on any atom is -0.399 e. The molecule has 0 aliphatic heterocycles. The van der Waals surface area contributed by atoms with E-state index in [2.05, 4.69) is 83.2 Å². The van der Waals surface area contributed by atoms with Crippen LogP contribution in [0.25, 0.3) is 0 Å². The van der Waals surface area contributed by atoms with Crippen molar-refractivity contribution >= 4 is 33.0 Å². The van der Waals surface area contributed by atoms with Crippen molar-refractivity contribution < 1.29 is 4.84 Å². The van der Waals surface area contributed by atoms with E-state index in [1.807, 2.05) is 12.1 Å². The van der Waals surface area contributed by atoms with Gasteiger partial charge in [-0.3, -0.25) is 4.79 Å². The number of oxime groups is 1. The van der Waals surface area contributed by atoms with Crippen LogP contribution < -0.4 is 15.8 Å². The Morgan fingerprint density at radius 1 is 1.26 bits per heavy atom. The van der Waals surface area contributed by atoms with Gasteiger partial charge in [0.05, 0.1) is 18.4 Å². The molecule has 3 aliphatic rings. The molecule has 3 aliphatic carbocycles. The summed E-state index contributed by atoms with van der Waals surface area (Å²) in [6.07, 6.45) is 4.21. The van der Waals surface area contributed by atoms with Crippen LogP contribution in [-0.2, 0) is 11.4 Å². The first-order valence-corrected chi connectivity index (χ1v) is 13.5. The molecule has 8 heteroatoms. The van der Waals surface area contributed by atoms with Crippen LogP contribution in [0.2, 0.25) is 0 Å². The zero-order valence-corrected chi connectivity index (χ0v) is 23.3. The number of nitrogens with one attached hydrogen (secondary N) is 1. The average molecular weight is 545 g/mol. The summed E-state index contributed by atoms with van der Waals surface area (Å²) >= 11 is 3.54. The largest absolute Gasteiger partial charge is 0.399 e. The third-order valence-corrected chi connectivity index (χ3v) is 9.28. The van der Waals surface area contributed by atoms with Crippen molar-refractivity contribution in [2.45, 2.75) is 60.0 Å². The van der Waals surface area contributed by atoms with Crippen molar-refractivity contribution in [1.29, 1.82) is 0 Å². The van der Waals surface area contributed by atoms with Crippen molar-refractivity contribution in [3.05, 3.63) is 50.9 Å². The maximum Gasteiger partial charge on any atom is 0.283 e. The zero-order valence-electron chi connectivity index (χ0n) is 21.7. The molecule has 3 saturated carbocycles. The summed E-state index contributed by atoms with van der Waals surface area (Å²) in [6.45, 7) is 13.5. The van der Waals surface area contributed by atoms with Crippen molar-refractivity contribution in [3.8, 4) is 0 Å². The van der Waals surface area contributed by atoms with E-state index in [1.165, 1.54) is 18.2 Å². The van der Waals surface area contributed by atoms with E-state index < -0.39 is 0 Å². The maximum atomic E-state index is 13.2. The highest BCUT2D eigenvalue weighted by molar-refractivity contribution is 9.10. The molecule has 2 bridgehead atoms. The second-order valence-electron chi connectivity index (χ2n) is 10.5. The summed E-state index contributed by atoms with van der Waals surface area (Å²) in [5.41, 5.74) is 3.69. The molecule has 4 atom stereocenters. The van der Waals surface area contributed by atoms with Gasteiger partial charge in [-0.25, -0.2) is 4.68 Å². The first-order chi connectivity index (χ1) is 16.7. The highest BCUT2D eigenvalue weighted by Gasteiger charge is 2.56. The predicted octanol–water partition coefficient (Wildman–Crippen LogP) is 5.39. The van der Waals surface area contributed by atoms with Crippen LogP contribution in [0.5, 0.6) is 0 Å². The number of fused-ring (bicyclic) bond motifs is 2. The molecule has 0 amide bonds. The summed E-state index contributed by atoms with van der Waals surface area (Å²) in [5, 5.41) is 12.3. The summed E-state index contributed by atoms with van der Waals surface area (Å²) in [6, 6.07) is 8.53. The molecule has 1 aromatic carbocycles. The average Bonchev–Trinajstić information content (AvgIpc) is 2.85. The molecule has 0 saturated heterocycles. The van der Waals surface area contributed by atoms with Crippen LogP contribution in [-0.4, -0.2) is 41.7 Å². The topological polar surface area (TPSA) is 71.8 Å². The molecule has 7 nitrogen and oxygen atoms in total. The highest BCUT2D eigenvalue weighted by Crippen LogP contribution is 2.61. The van der Waals surface area contributed by atoms with Crippen molar-refractivity contribution in [2.24, 2.45) is 28.3 Å². The van der Waals surface area contributed by atoms with Crippen LogP contribution >= 0.6 is 15.9 Å². The number of hydrogen-bond acceptors (Lipinski definition) is 6. The maximum absolute atomic E-state index is 13.2. The van der Waals surface area contributed by atoms with Gasteiger partial charge in [-0.15, -0.1) is 0 Å². The van der Waals surface area contributed by atoms with E-state index in [4.69, 9.17) is 4.84 Å². The van der Waals surface area contributed by atoms with Gasteiger partial charge in [0.1, 0.15) is 17.3 Å². The third kappa shape index (κ3) is 4.86. The van der Waals surface area contributed by atoms with Crippen LogP contribution in [0, 0.1) is 23.2 Å².